The van der Waals surface area contributed by atoms with E-state index in [4.69, 9.17) is 33.7 Å². The molecule has 0 saturated heterocycles. The van der Waals surface area contributed by atoms with Gasteiger partial charge in [0.2, 0.25) is 18.5 Å². The van der Waals surface area contributed by atoms with E-state index in [9.17, 15) is 14.2 Å². The van der Waals surface area contributed by atoms with Gasteiger partial charge in [0.1, 0.15) is 18.9 Å². The molecule has 2 aromatic heterocycles. The number of esters is 1. The quantitative estimate of drug-likeness (QED) is 0.161. The van der Waals surface area contributed by atoms with Crippen LogP contribution in [0.2, 0.25) is 0 Å². The van der Waals surface area contributed by atoms with Crippen LogP contribution < -0.4 is 30.4 Å². The van der Waals surface area contributed by atoms with Gasteiger partial charge in [-0.05, 0) is 44.7 Å². The van der Waals surface area contributed by atoms with Gasteiger partial charge in [-0.15, -0.1) is 0 Å². The van der Waals surface area contributed by atoms with Gasteiger partial charge in [0.05, 0.1) is 19.5 Å². The zero-order valence-electron chi connectivity index (χ0n) is 21.9. The van der Waals surface area contributed by atoms with Crippen LogP contribution >= 0.6 is 7.75 Å². The van der Waals surface area contributed by atoms with Gasteiger partial charge in [-0.25, -0.2) is 9.55 Å². The number of fused-ring (bicyclic) bond motifs is 2. The number of aromatic nitrogens is 4. The molecule has 15 nitrogen and oxygen atoms in total. The zero-order valence-corrected chi connectivity index (χ0v) is 22.8. The first-order chi connectivity index (χ1) is 19.3. The van der Waals surface area contributed by atoms with E-state index < -0.39 is 25.3 Å². The third-order valence-electron chi connectivity index (χ3n) is 6.33. The molecule has 0 radical (unpaired) electrons. The molecule has 1 fully saturated rings. The summed E-state index contributed by atoms with van der Waals surface area (Å²) >= 11 is 0. The van der Waals surface area contributed by atoms with Crippen LogP contribution in [0.15, 0.2) is 29.3 Å². The number of nitrogens with one attached hydrogen (secondary N) is 2. The van der Waals surface area contributed by atoms with Gasteiger partial charge in [0.15, 0.2) is 22.7 Å². The normalized spacial score (nSPS) is 17.4. The lowest BCUT2D eigenvalue weighted by molar-refractivity contribution is -0.152. The molecule has 40 heavy (non-hydrogen) atoms. The molecule has 3 heterocycles. The third kappa shape index (κ3) is 6.55. The molecule has 1 aromatic carbocycles. The van der Waals surface area contributed by atoms with E-state index in [-0.39, 0.29) is 61.5 Å². The highest BCUT2D eigenvalue weighted by Crippen LogP contribution is 2.50. The van der Waals surface area contributed by atoms with Crippen LogP contribution in [0.5, 0.6) is 17.2 Å². The van der Waals surface area contributed by atoms with E-state index in [1.54, 1.807) is 18.2 Å². The van der Waals surface area contributed by atoms with Crippen molar-refractivity contribution in [1.29, 1.82) is 0 Å². The predicted molar refractivity (Wildman–Crippen MR) is 141 cm³/mol. The Morgan fingerprint density at radius 1 is 1.27 bits per heavy atom. The number of hydrogen-bond donors (Lipinski definition) is 3. The van der Waals surface area contributed by atoms with Crippen molar-refractivity contribution in [3.05, 3.63) is 34.9 Å². The average Bonchev–Trinajstić information content (AvgIpc) is 3.57. The topological polar surface area (TPSA) is 191 Å². The molecule has 1 unspecified atom stereocenters. The number of carbonyl (C=O) groups is 1. The lowest BCUT2D eigenvalue weighted by Gasteiger charge is -2.26. The number of ether oxygens (including phenoxy) is 4. The fourth-order valence-corrected chi connectivity index (χ4v) is 5.86. The van der Waals surface area contributed by atoms with Crippen LogP contribution in [0.4, 0.5) is 5.95 Å². The molecule has 0 spiro atoms. The SMILES string of the molecule is C[C@@H](NP(=O)(OCCOCn1cnc2c(=O)[nH]c(N)nc21)Oc1cccc2c1OCO2)C(=O)OC1CCCCC1. The van der Waals surface area contributed by atoms with E-state index in [1.165, 1.54) is 17.8 Å². The zero-order chi connectivity index (χ0) is 28.1. The first-order valence-electron chi connectivity index (χ1n) is 12.9. The van der Waals surface area contributed by atoms with Gasteiger partial charge in [0, 0.05) is 0 Å². The van der Waals surface area contributed by atoms with Crippen molar-refractivity contribution < 1.29 is 37.4 Å². The number of nitrogens with zero attached hydrogens (tertiary/aromatic N) is 3. The molecule has 5 rings (SSSR count). The summed E-state index contributed by atoms with van der Waals surface area (Å²) in [4.78, 5) is 35.2. The molecule has 4 N–H and O–H groups in total. The van der Waals surface area contributed by atoms with E-state index in [1.807, 2.05) is 0 Å². The molecule has 0 amide bonds. The molecule has 16 heteroatoms. The number of hydrogen-bond acceptors (Lipinski definition) is 12. The molecular weight excluding hydrogens is 547 g/mol. The Morgan fingerprint density at radius 3 is 2.92 bits per heavy atom. The van der Waals surface area contributed by atoms with Crippen LogP contribution in [0, 0.1) is 0 Å². The molecule has 1 aliphatic heterocycles. The van der Waals surface area contributed by atoms with Gasteiger partial charge < -0.3 is 29.2 Å². The summed E-state index contributed by atoms with van der Waals surface area (Å²) in [5, 5.41) is 2.67. The fourth-order valence-electron chi connectivity index (χ4n) is 4.38. The van der Waals surface area contributed by atoms with Crippen molar-refractivity contribution in [1.82, 2.24) is 24.6 Å². The second kappa shape index (κ2) is 12.3. The second-order valence-corrected chi connectivity index (χ2v) is 11.0. The molecule has 216 valence electrons. The third-order valence-corrected chi connectivity index (χ3v) is 7.99. The van der Waals surface area contributed by atoms with E-state index >= 15 is 0 Å². The first kappa shape index (κ1) is 27.9. The lowest BCUT2D eigenvalue weighted by atomic mass is 9.98. The van der Waals surface area contributed by atoms with Gasteiger partial charge in [-0.1, -0.05) is 12.5 Å². The number of nitrogen functional groups attached to an aromatic ring is 1. The smallest absolute Gasteiger partial charge is 0.459 e. The highest BCUT2D eigenvalue weighted by molar-refractivity contribution is 7.52. The first-order valence-corrected chi connectivity index (χ1v) is 14.4. The summed E-state index contributed by atoms with van der Waals surface area (Å²) in [6.07, 6.45) is 5.95. The maximum atomic E-state index is 13.8. The molecule has 0 bridgehead atoms. The molecule has 1 aliphatic carbocycles. The Kier molecular flexibility index (Phi) is 8.54. The average molecular weight is 579 g/mol. The standard InChI is InChI=1S/C24H31N6O9P/c1-15(23(32)38-16-6-3-2-4-7-16)29-40(33,39-18-9-5-8-17-20(18)36-14-35-17)37-11-10-34-13-30-12-26-19-21(30)27-24(25)28-22(19)31/h5,8-9,12,15-16H,2-4,6-7,10-11,13-14H2,1H3,(H,29,33)(H3,25,27,28,31)/t15-,40?/m1/s1. The summed E-state index contributed by atoms with van der Waals surface area (Å²) in [5.74, 6) is 0.221. The van der Waals surface area contributed by atoms with Crippen molar-refractivity contribution in [2.75, 3.05) is 25.7 Å². The summed E-state index contributed by atoms with van der Waals surface area (Å²) in [5.41, 5.74) is 5.52. The molecule has 2 aliphatic rings. The minimum Gasteiger partial charge on any atom is -0.461 e. The van der Waals surface area contributed by atoms with Crippen LogP contribution in [0.1, 0.15) is 39.0 Å². The van der Waals surface area contributed by atoms with Gasteiger partial charge in [-0.3, -0.25) is 23.7 Å². The lowest BCUT2D eigenvalue weighted by Crippen LogP contribution is -2.37. The Morgan fingerprint density at radius 2 is 2.10 bits per heavy atom. The summed E-state index contributed by atoms with van der Waals surface area (Å²) in [6.45, 7) is 1.28. The summed E-state index contributed by atoms with van der Waals surface area (Å²) < 4.78 is 48.7. The number of rotatable bonds is 12. The van der Waals surface area contributed by atoms with Gasteiger partial charge in [-0.2, -0.15) is 10.1 Å². The van der Waals surface area contributed by atoms with Crippen molar-refractivity contribution in [3.8, 4) is 17.2 Å². The number of benzene rings is 1. The minimum absolute atomic E-state index is 0.0123. The van der Waals surface area contributed by atoms with Crippen LogP contribution in [-0.4, -0.2) is 57.6 Å². The predicted octanol–water partition coefficient (Wildman–Crippen LogP) is 2.46. The second-order valence-electron chi connectivity index (χ2n) is 9.33. The van der Waals surface area contributed by atoms with E-state index in [2.05, 4.69) is 20.0 Å². The van der Waals surface area contributed by atoms with Crippen molar-refractivity contribution in [2.45, 2.75) is 57.9 Å². The van der Waals surface area contributed by atoms with E-state index in [0.29, 0.717) is 5.75 Å². The number of H-pyrrole nitrogens is 1. The highest BCUT2D eigenvalue weighted by atomic mass is 31.2. The highest BCUT2D eigenvalue weighted by Gasteiger charge is 2.35. The van der Waals surface area contributed by atoms with E-state index in [0.717, 1.165) is 32.1 Å². The Bertz CT molecular complexity index is 1450. The Labute approximate surface area is 228 Å². The Balaban J connectivity index is 1.22. The van der Waals surface area contributed by atoms with Crippen LogP contribution in [0.3, 0.4) is 0 Å². The summed E-state index contributed by atoms with van der Waals surface area (Å²) in [7, 11) is -4.15. The van der Waals surface area contributed by atoms with Crippen LogP contribution in [0.25, 0.3) is 11.2 Å². The molecule has 2 atom stereocenters. The number of aromatic amines is 1. The number of imidazole rings is 1. The fraction of sp³-hybridized carbons (Fsp3) is 0.500. The molecular formula is C24H31N6O9P. The number of carbonyl (C=O) groups excluding carboxylic acids is 1. The minimum atomic E-state index is -4.15. The summed E-state index contributed by atoms with van der Waals surface area (Å²) in [6, 6.07) is 3.90. The number of anilines is 1. The Hall–Kier alpha value is -3.65. The largest absolute Gasteiger partial charge is 0.461 e. The van der Waals surface area contributed by atoms with Crippen molar-refractivity contribution in [2.24, 2.45) is 0 Å². The maximum Gasteiger partial charge on any atom is 0.459 e. The van der Waals surface area contributed by atoms with Gasteiger partial charge >= 0.3 is 13.7 Å². The van der Waals surface area contributed by atoms with Crippen molar-refractivity contribution in [3.63, 3.8) is 0 Å². The monoisotopic (exact) mass is 578 g/mol. The maximum absolute atomic E-state index is 13.8. The molecule has 1 saturated carbocycles. The number of nitrogens with two attached hydrogens (primary N) is 1. The van der Waals surface area contributed by atoms with Crippen molar-refractivity contribution >= 4 is 30.8 Å². The number of para-hydroxylation sites is 1. The molecule has 3 aromatic rings. The van der Waals surface area contributed by atoms with Crippen LogP contribution in [-0.2, 0) is 30.1 Å². The van der Waals surface area contributed by atoms with Gasteiger partial charge in [0.25, 0.3) is 5.56 Å².